The van der Waals surface area contributed by atoms with Crippen LogP contribution in [0, 0.1) is 5.92 Å². The second-order valence-electron chi connectivity index (χ2n) is 4.82. The maximum Gasteiger partial charge on any atom is 0.220 e. The Bertz CT molecular complexity index is 212. The van der Waals surface area contributed by atoms with Gasteiger partial charge in [-0.05, 0) is 31.8 Å². The van der Waals surface area contributed by atoms with Gasteiger partial charge in [0.2, 0.25) is 5.91 Å². The average molecular weight is 227 g/mol. The van der Waals surface area contributed by atoms with Gasteiger partial charge in [0.1, 0.15) is 0 Å². The number of carbonyl (C=O) groups is 1. The number of likely N-dealkylation sites (tertiary alicyclic amines) is 1. The van der Waals surface area contributed by atoms with E-state index in [1.807, 2.05) is 6.92 Å². The van der Waals surface area contributed by atoms with Gasteiger partial charge in [-0.3, -0.25) is 4.79 Å². The smallest absolute Gasteiger partial charge is 0.220 e. The van der Waals surface area contributed by atoms with Gasteiger partial charge in [0.15, 0.2) is 0 Å². The Morgan fingerprint density at radius 2 is 2.12 bits per heavy atom. The Kier molecular flexibility index (Phi) is 5.77. The molecule has 0 aromatic rings. The maximum atomic E-state index is 11.7. The third-order valence-electron chi connectivity index (χ3n) is 3.34. The summed E-state index contributed by atoms with van der Waals surface area (Å²) < 4.78 is 0. The summed E-state index contributed by atoms with van der Waals surface area (Å²) in [5.74, 6) is 0.448. The minimum absolute atomic E-state index is 0.160. The van der Waals surface area contributed by atoms with E-state index < -0.39 is 0 Å². The molecule has 0 spiro atoms. The summed E-state index contributed by atoms with van der Waals surface area (Å²) in [5, 5.41) is 3.11. The molecule has 3 N–H and O–H groups in total. The van der Waals surface area contributed by atoms with Gasteiger partial charge in [-0.15, -0.1) is 0 Å². The SMILES string of the molecule is CCN1CCC(NC(=O)CC(C)CN)CC1. The van der Waals surface area contributed by atoms with Crippen LogP contribution >= 0.6 is 0 Å². The van der Waals surface area contributed by atoms with Crippen molar-refractivity contribution in [3.63, 3.8) is 0 Å². The van der Waals surface area contributed by atoms with Crippen LogP contribution in [-0.2, 0) is 4.79 Å². The molecule has 1 rings (SSSR count). The van der Waals surface area contributed by atoms with E-state index in [1.165, 1.54) is 0 Å². The molecule has 1 saturated heterocycles. The second-order valence-corrected chi connectivity index (χ2v) is 4.82. The Balaban J connectivity index is 2.20. The maximum absolute atomic E-state index is 11.7. The number of hydrogen-bond donors (Lipinski definition) is 2. The van der Waals surface area contributed by atoms with Crippen molar-refractivity contribution in [1.29, 1.82) is 0 Å². The molecule has 0 aromatic heterocycles. The Hall–Kier alpha value is -0.610. The van der Waals surface area contributed by atoms with Crippen molar-refractivity contribution < 1.29 is 4.79 Å². The molecular formula is C12H25N3O. The fourth-order valence-electron chi connectivity index (χ4n) is 2.08. The normalized spacial score (nSPS) is 20.7. The van der Waals surface area contributed by atoms with Crippen LogP contribution in [-0.4, -0.2) is 43.0 Å². The first-order valence-corrected chi connectivity index (χ1v) is 6.37. The predicted molar refractivity (Wildman–Crippen MR) is 66.1 cm³/mol. The predicted octanol–water partition coefficient (Wildman–Crippen LogP) is 0.572. The van der Waals surface area contributed by atoms with Crippen LogP contribution < -0.4 is 11.1 Å². The first kappa shape index (κ1) is 13.5. The van der Waals surface area contributed by atoms with Crippen LogP contribution in [0.15, 0.2) is 0 Å². The van der Waals surface area contributed by atoms with E-state index in [-0.39, 0.29) is 11.8 Å². The molecule has 1 atom stereocenters. The molecule has 0 bridgehead atoms. The molecule has 1 aliphatic heterocycles. The number of carbonyl (C=O) groups excluding carboxylic acids is 1. The van der Waals surface area contributed by atoms with E-state index in [0.717, 1.165) is 32.5 Å². The number of amides is 1. The average Bonchev–Trinajstić information content (AvgIpc) is 2.29. The summed E-state index contributed by atoms with van der Waals surface area (Å²) in [7, 11) is 0. The Morgan fingerprint density at radius 3 is 2.62 bits per heavy atom. The molecule has 94 valence electrons. The van der Waals surface area contributed by atoms with Crippen molar-refractivity contribution in [1.82, 2.24) is 10.2 Å². The van der Waals surface area contributed by atoms with Gasteiger partial charge >= 0.3 is 0 Å². The van der Waals surface area contributed by atoms with Gasteiger partial charge in [-0.1, -0.05) is 13.8 Å². The quantitative estimate of drug-likeness (QED) is 0.722. The zero-order valence-corrected chi connectivity index (χ0v) is 10.5. The standard InChI is InChI=1S/C12H25N3O/c1-3-15-6-4-11(5-7-15)14-12(16)8-10(2)9-13/h10-11H,3-9,13H2,1-2H3,(H,14,16). The van der Waals surface area contributed by atoms with Crippen molar-refractivity contribution in [3.05, 3.63) is 0 Å². The monoisotopic (exact) mass is 227 g/mol. The third-order valence-corrected chi connectivity index (χ3v) is 3.34. The molecule has 0 saturated carbocycles. The van der Waals surface area contributed by atoms with E-state index >= 15 is 0 Å². The summed E-state index contributed by atoms with van der Waals surface area (Å²) in [5.41, 5.74) is 5.50. The lowest BCUT2D eigenvalue weighted by molar-refractivity contribution is -0.122. The highest BCUT2D eigenvalue weighted by molar-refractivity contribution is 5.76. The molecule has 1 unspecified atom stereocenters. The van der Waals surface area contributed by atoms with Crippen molar-refractivity contribution in [3.8, 4) is 0 Å². The molecule has 1 amide bonds. The molecule has 1 fully saturated rings. The molecule has 1 heterocycles. The number of nitrogens with zero attached hydrogens (tertiary/aromatic N) is 1. The number of hydrogen-bond acceptors (Lipinski definition) is 3. The number of nitrogens with two attached hydrogens (primary N) is 1. The molecular weight excluding hydrogens is 202 g/mol. The number of nitrogens with one attached hydrogen (secondary N) is 1. The van der Waals surface area contributed by atoms with E-state index in [0.29, 0.717) is 19.0 Å². The summed E-state index contributed by atoms with van der Waals surface area (Å²) in [6.07, 6.45) is 2.72. The highest BCUT2D eigenvalue weighted by atomic mass is 16.1. The Morgan fingerprint density at radius 1 is 1.50 bits per heavy atom. The van der Waals surface area contributed by atoms with E-state index in [4.69, 9.17) is 5.73 Å². The highest BCUT2D eigenvalue weighted by Gasteiger charge is 2.19. The van der Waals surface area contributed by atoms with Gasteiger partial charge < -0.3 is 16.0 Å². The van der Waals surface area contributed by atoms with Gasteiger partial charge in [-0.25, -0.2) is 0 Å². The topological polar surface area (TPSA) is 58.4 Å². The molecule has 1 aliphatic rings. The third kappa shape index (κ3) is 4.49. The van der Waals surface area contributed by atoms with Crippen LogP contribution in [0.25, 0.3) is 0 Å². The minimum Gasteiger partial charge on any atom is -0.353 e. The minimum atomic E-state index is 0.160. The van der Waals surface area contributed by atoms with E-state index in [9.17, 15) is 4.79 Å². The lowest BCUT2D eigenvalue weighted by Crippen LogP contribution is -2.44. The molecule has 16 heavy (non-hydrogen) atoms. The van der Waals surface area contributed by atoms with Gasteiger partial charge in [0.05, 0.1) is 0 Å². The van der Waals surface area contributed by atoms with Crippen molar-refractivity contribution in [2.75, 3.05) is 26.2 Å². The van der Waals surface area contributed by atoms with E-state index in [2.05, 4.69) is 17.1 Å². The fraction of sp³-hybridized carbons (Fsp3) is 0.917. The summed E-state index contributed by atoms with van der Waals surface area (Å²) in [6, 6.07) is 0.375. The highest BCUT2D eigenvalue weighted by Crippen LogP contribution is 2.10. The van der Waals surface area contributed by atoms with Crippen LogP contribution in [0.1, 0.15) is 33.1 Å². The molecule has 4 nitrogen and oxygen atoms in total. The van der Waals surface area contributed by atoms with Crippen LogP contribution in [0.2, 0.25) is 0 Å². The van der Waals surface area contributed by atoms with Crippen molar-refractivity contribution in [2.45, 2.75) is 39.2 Å². The summed E-state index contributed by atoms with van der Waals surface area (Å²) >= 11 is 0. The summed E-state index contributed by atoms with van der Waals surface area (Å²) in [4.78, 5) is 14.1. The Labute approximate surface area is 98.6 Å². The van der Waals surface area contributed by atoms with Crippen molar-refractivity contribution in [2.24, 2.45) is 11.7 Å². The number of piperidine rings is 1. The van der Waals surface area contributed by atoms with Gasteiger partial charge in [0.25, 0.3) is 0 Å². The van der Waals surface area contributed by atoms with Crippen LogP contribution in [0.4, 0.5) is 0 Å². The molecule has 4 heteroatoms. The molecule has 0 radical (unpaired) electrons. The zero-order chi connectivity index (χ0) is 12.0. The lowest BCUT2D eigenvalue weighted by Gasteiger charge is -2.31. The summed E-state index contributed by atoms with van der Waals surface area (Å²) in [6.45, 7) is 8.11. The first-order valence-electron chi connectivity index (χ1n) is 6.37. The van der Waals surface area contributed by atoms with Crippen LogP contribution in [0.5, 0.6) is 0 Å². The molecule has 0 aromatic carbocycles. The second kappa shape index (κ2) is 6.86. The fourth-order valence-corrected chi connectivity index (χ4v) is 2.08. The number of rotatable bonds is 5. The molecule has 0 aliphatic carbocycles. The van der Waals surface area contributed by atoms with E-state index in [1.54, 1.807) is 0 Å². The lowest BCUT2D eigenvalue weighted by atomic mass is 10.0. The largest absolute Gasteiger partial charge is 0.353 e. The van der Waals surface area contributed by atoms with Gasteiger partial charge in [0, 0.05) is 25.6 Å². The van der Waals surface area contributed by atoms with Crippen molar-refractivity contribution >= 4 is 5.91 Å². The first-order chi connectivity index (χ1) is 7.65. The zero-order valence-electron chi connectivity index (χ0n) is 10.5. The van der Waals surface area contributed by atoms with Gasteiger partial charge in [-0.2, -0.15) is 0 Å². The van der Waals surface area contributed by atoms with Crippen LogP contribution in [0.3, 0.4) is 0 Å².